The molecule has 3 rings (SSSR count). The maximum Gasteiger partial charge on any atom is 0.338 e. The van der Waals surface area contributed by atoms with E-state index in [9.17, 15) is 9.18 Å². The van der Waals surface area contributed by atoms with Gasteiger partial charge in [-0.25, -0.2) is 9.18 Å². The highest BCUT2D eigenvalue weighted by Gasteiger charge is 2.15. The maximum absolute atomic E-state index is 13.7. The number of carbonyl (C=O) groups is 1. The third-order valence-corrected chi connectivity index (χ3v) is 6.03. The standard InChI is InChI=1S/C19H18FNO3S2/c1-23-17-7-6-13(10-16(17)20)11-24-18(22)15-5-3-2-4-14(15)12-26-19-21-8-9-25-19/h2-7,10H,8-9,11-12H2,1H3. The van der Waals surface area contributed by atoms with Crippen LogP contribution in [-0.4, -0.2) is 29.8 Å². The summed E-state index contributed by atoms with van der Waals surface area (Å²) in [4.78, 5) is 16.9. The number of esters is 1. The Morgan fingerprint density at radius 1 is 1.31 bits per heavy atom. The Morgan fingerprint density at radius 2 is 2.15 bits per heavy atom. The van der Waals surface area contributed by atoms with E-state index in [0.29, 0.717) is 16.9 Å². The van der Waals surface area contributed by atoms with Crippen LogP contribution in [0.15, 0.2) is 47.5 Å². The number of ether oxygens (including phenoxy) is 2. The first-order valence-electron chi connectivity index (χ1n) is 8.05. The Kier molecular flexibility index (Phi) is 6.57. The van der Waals surface area contributed by atoms with Gasteiger partial charge in [0.05, 0.1) is 19.2 Å². The first-order valence-corrected chi connectivity index (χ1v) is 10.0. The Hall–Kier alpha value is -1.99. The molecule has 0 amide bonds. The van der Waals surface area contributed by atoms with Crippen molar-refractivity contribution >= 4 is 33.9 Å². The van der Waals surface area contributed by atoms with Crippen molar-refractivity contribution in [2.75, 3.05) is 19.4 Å². The fraction of sp³-hybridized carbons (Fsp3) is 0.263. The van der Waals surface area contributed by atoms with Crippen molar-refractivity contribution in [2.45, 2.75) is 12.4 Å². The van der Waals surface area contributed by atoms with Crippen LogP contribution in [0.5, 0.6) is 5.75 Å². The predicted octanol–water partition coefficient (Wildman–Crippen LogP) is 4.53. The van der Waals surface area contributed by atoms with Crippen molar-refractivity contribution in [3.8, 4) is 5.75 Å². The molecule has 0 atom stereocenters. The van der Waals surface area contributed by atoms with Gasteiger partial charge in [-0.05, 0) is 29.3 Å². The van der Waals surface area contributed by atoms with Gasteiger partial charge >= 0.3 is 5.97 Å². The summed E-state index contributed by atoms with van der Waals surface area (Å²) in [5.41, 5.74) is 2.00. The number of nitrogens with zero attached hydrogens (tertiary/aromatic N) is 1. The lowest BCUT2D eigenvalue weighted by Gasteiger charge is -2.10. The number of aliphatic imine (C=N–C) groups is 1. The zero-order valence-corrected chi connectivity index (χ0v) is 15.9. The first-order chi connectivity index (χ1) is 12.7. The van der Waals surface area contributed by atoms with E-state index in [1.165, 1.54) is 19.2 Å². The molecule has 1 aliphatic rings. The summed E-state index contributed by atoms with van der Waals surface area (Å²) in [6, 6.07) is 11.9. The second-order valence-electron chi connectivity index (χ2n) is 5.49. The van der Waals surface area contributed by atoms with Crippen molar-refractivity contribution in [1.29, 1.82) is 0 Å². The lowest BCUT2D eigenvalue weighted by atomic mass is 10.1. The van der Waals surface area contributed by atoms with Crippen molar-refractivity contribution < 1.29 is 18.7 Å². The Labute approximate surface area is 160 Å². The molecule has 26 heavy (non-hydrogen) atoms. The molecule has 0 spiro atoms. The molecule has 0 saturated heterocycles. The molecule has 0 aromatic heterocycles. The van der Waals surface area contributed by atoms with Crippen LogP contribution in [0.1, 0.15) is 21.5 Å². The van der Waals surface area contributed by atoms with Crippen molar-refractivity contribution in [2.24, 2.45) is 4.99 Å². The van der Waals surface area contributed by atoms with E-state index in [2.05, 4.69) is 4.99 Å². The van der Waals surface area contributed by atoms with E-state index in [1.54, 1.807) is 41.7 Å². The number of halogens is 1. The number of hydrogen-bond donors (Lipinski definition) is 0. The van der Waals surface area contributed by atoms with Crippen LogP contribution in [0.2, 0.25) is 0 Å². The van der Waals surface area contributed by atoms with E-state index in [-0.39, 0.29) is 12.4 Å². The minimum Gasteiger partial charge on any atom is -0.494 e. The molecule has 0 radical (unpaired) electrons. The number of carbonyl (C=O) groups excluding carboxylic acids is 1. The second kappa shape index (κ2) is 9.09. The average Bonchev–Trinajstić information content (AvgIpc) is 3.18. The van der Waals surface area contributed by atoms with Crippen molar-refractivity contribution in [1.82, 2.24) is 0 Å². The molecule has 0 saturated carbocycles. The van der Waals surface area contributed by atoms with Gasteiger partial charge in [-0.3, -0.25) is 4.99 Å². The van der Waals surface area contributed by atoms with Gasteiger partial charge in [0.15, 0.2) is 11.6 Å². The Balaban J connectivity index is 1.63. The van der Waals surface area contributed by atoms with Crippen LogP contribution in [0, 0.1) is 5.82 Å². The SMILES string of the molecule is COc1ccc(COC(=O)c2ccccc2CSC2=NCCS2)cc1F. The quantitative estimate of drug-likeness (QED) is 0.677. The monoisotopic (exact) mass is 391 g/mol. The highest BCUT2D eigenvalue weighted by Crippen LogP contribution is 2.27. The third kappa shape index (κ3) is 4.80. The summed E-state index contributed by atoms with van der Waals surface area (Å²) in [7, 11) is 1.41. The first kappa shape index (κ1) is 18.8. The lowest BCUT2D eigenvalue weighted by Crippen LogP contribution is -2.08. The average molecular weight is 391 g/mol. The topological polar surface area (TPSA) is 47.9 Å². The molecule has 7 heteroatoms. The van der Waals surface area contributed by atoms with Crippen LogP contribution in [0.4, 0.5) is 4.39 Å². The van der Waals surface area contributed by atoms with Crippen molar-refractivity contribution in [3.63, 3.8) is 0 Å². The van der Waals surface area contributed by atoms with Gasteiger partial charge in [0.1, 0.15) is 11.0 Å². The van der Waals surface area contributed by atoms with Crippen LogP contribution >= 0.6 is 23.5 Å². The molecule has 0 aliphatic carbocycles. The van der Waals surface area contributed by atoms with Crippen molar-refractivity contribution in [3.05, 3.63) is 65.0 Å². The van der Waals surface area contributed by atoms with E-state index < -0.39 is 11.8 Å². The molecule has 0 bridgehead atoms. The highest BCUT2D eigenvalue weighted by atomic mass is 32.2. The Morgan fingerprint density at radius 3 is 2.88 bits per heavy atom. The van der Waals surface area contributed by atoms with E-state index >= 15 is 0 Å². The molecule has 0 N–H and O–H groups in total. The van der Waals surface area contributed by atoms with E-state index in [1.807, 2.05) is 12.1 Å². The fourth-order valence-corrected chi connectivity index (χ4v) is 4.43. The number of hydrogen-bond acceptors (Lipinski definition) is 6. The zero-order chi connectivity index (χ0) is 18.4. The number of benzene rings is 2. The maximum atomic E-state index is 13.7. The van der Waals surface area contributed by atoms with Crippen LogP contribution in [0.25, 0.3) is 0 Å². The highest BCUT2D eigenvalue weighted by molar-refractivity contribution is 8.38. The van der Waals surface area contributed by atoms with E-state index in [4.69, 9.17) is 9.47 Å². The summed E-state index contributed by atoms with van der Waals surface area (Å²) in [5, 5.41) is 0. The molecule has 4 nitrogen and oxygen atoms in total. The number of methoxy groups -OCH3 is 1. The smallest absolute Gasteiger partial charge is 0.338 e. The lowest BCUT2D eigenvalue weighted by molar-refractivity contribution is 0.0471. The van der Waals surface area contributed by atoms with Gasteiger partial charge in [0.2, 0.25) is 0 Å². The third-order valence-electron chi connectivity index (χ3n) is 3.73. The minimum atomic E-state index is -0.479. The number of rotatable bonds is 6. The van der Waals surface area contributed by atoms with Gasteiger partial charge in [-0.1, -0.05) is 47.8 Å². The fourth-order valence-electron chi connectivity index (χ4n) is 2.41. The second-order valence-corrected chi connectivity index (χ2v) is 7.79. The molecule has 136 valence electrons. The zero-order valence-electron chi connectivity index (χ0n) is 14.2. The van der Waals surface area contributed by atoms with Crippen LogP contribution < -0.4 is 4.74 Å². The molecule has 1 aliphatic heterocycles. The number of thioether (sulfide) groups is 2. The molecule has 0 unspecified atom stereocenters. The predicted molar refractivity (Wildman–Crippen MR) is 105 cm³/mol. The Bertz CT molecular complexity index is 826. The minimum absolute atomic E-state index is 0.00375. The molecule has 0 fully saturated rings. The van der Waals surface area contributed by atoms with Gasteiger partial charge in [-0.15, -0.1) is 0 Å². The van der Waals surface area contributed by atoms with Crippen LogP contribution in [-0.2, 0) is 17.1 Å². The van der Waals surface area contributed by atoms with Gasteiger partial charge in [0.25, 0.3) is 0 Å². The van der Waals surface area contributed by atoms with Crippen LogP contribution in [0.3, 0.4) is 0 Å². The van der Waals surface area contributed by atoms with Gasteiger partial charge in [0, 0.05) is 11.5 Å². The molecule has 2 aromatic carbocycles. The summed E-state index contributed by atoms with van der Waals surface area (Å²) in [5.74, 6) is 0.944. The van der Waals surface area contributed by atoms with Gasteiger partial charge in [-0.2, -0.15) is 0 Å². The molecular weight excluding hydrogens is 373 g/mol. The molecule has 2 aromatic rings. The summed E-state index contributed by atoms with van der Waals surface area (Å²) < 4.78 is 25.0. The molecule has 1 heterocycles. The molecular formula is C19H18FNO3S2. The largest absolute Gasteiger partial charge is 0.494 e. The summed E-state index contributed by atoms with van der Waals surface area (Å²) in [6.07, 6.45) is 0. The van der Waals surface area contributed by atoms with E-state index in [0.717, 1.165) is 22.2 Å². The summed E-state index contributed by atoms with van der Waals surface area (Å²) in [6.45, 7) is 0.860. The van der Waals surface area contributed by atoms with Gasteiger partial charge < -0.3 is 9.47 Å². The summed E-state index contributed by atoms with van der Waals surface area (Å²) >= 11 is 3.37. The normalized spacial score (nSPS) is 13.4.